The van der Waals surface area contributed by atoms with E-state index in [9.17, 15) is 4.79 Å². The molecular weight excluding hydrogens is 308 g/mol. The predicted octanol–water partition coefficient (Wildman–Crippen LogP) is 3.51. The number of aryl methyl sites for hydroxylation is 1. The second kappa shape index (κ2) is 6.06. The van der Waals surface area contributed by atoms with Gasteiger partial charge in [-0.1, -0.05) is 29.8 Å². The van der Waals surface area contributed by atoms with E-state index in [2.05, 4.69) is 36.2 Å². The minimum Gasteiger partial charge on any atom is -0.374 e. The van der Waals surface area contributed by atoms with Crippen LogP contribution in [-0.4, -0.2) is 41.1 Å². The summed E-state index contributed by atoms with van der Waals surface area (Å²) in [4.78, 5) is 19.4. The van der Waals surface area contributed by atoms with Crippen LogP contribution in [0.15, 0.2) is 29.6 Å². The van der Waals surface area contributed by atoms with Crippen LogP contribution in [0.3, 0.4) is 0 Å². The number of ether oxygens (including phenoxy) is 1. The molecule has 2 aliphatic rings. The lowest BCUT2D eigenvalue weighted by Crippen LogP contribution is -2.51. The fourth-order valence-corrected chi connectivity index (χ4v) is 4.33. The van der Waals surface area contributed by atoms with Gasteiger partial charge in [-0.15, -0.1) is 11.3 Å². The number of hydrogen-bond donors (Lipinski definition) is 0. The van der Waals surface area contributed by atoms with Gasteiger partial charge in [0.15, 0.2) is 0 Å². The molecule has 2 heterocycles. The smallest absolute Gasteiger partial charge is 0.273 e. The molecule has 2 atom stereocenters. The van der Waals surface area contributed by atoms with Crippen molar-refractivity contribution in [3.8, 4) is 10.6 Å². The van der Waals surface area contributed by atoms with Crippen molar-refractivity contribution in [2.45, 2.75) is 38.3 Å². The number of benzene rings is 1. The van der Waals surface area contributed by atoms with Gasteiger partial charge in [0.25, 0.3) is 5.91 Å². The van der Waals surface area contributed by atoms with Crippen LogP contribution >= 0.6 is 11.3 Å². The highest BCUT2D eigenvalue weighted by Crippen LogP contribution is 2.31. The van der Waals surface area contributed by atoms with Crippen LogP contribution < -0.4 is 0 Å². The summed E-state index contributed by atoms with van der Waals surface area (Å²) in [5, 5.41) is 2.79. The number of carbonyl (C=O) groups is 1. The SMILES string of the molecule is Cc1ccc(-c2nc(C(=O)N3CCOC4CCCC43)cs2)cc1. The van der Waals surface area contributed by atoms with Crippen LogP contribution in [0, 0.1) is 6.92 Å². The Bertz CT molecular complexity index is 710. The van der Waals surface area contributed by atoms with Gasteiger partial charge in [0.2, 0.25) is 0 Å². The fourth-order valence-electron chi connectivity index (χ4n) is 3.53. The van der Waals surface area contributed by atoms with E-state index in [-0.39, 0.29) is 18.1 Å². The fraction of sp³-hybridized carbons (Fsp3) is 0.444. The van der Waals surface area contributed by atoms with E-state index in [1.807, 2.05) is 10.3 Å². The molecule has 1 aliphatic carbocycles. The van der Waals surface area contributed by atoms with E-state index >= 15 is 0 Å². The van der Waals surface area contributed by atoms with Crippen molar-refractivity contribution < 1.29 is 9.53 Å². The molecule has 0 spiro atoms. The highest BCUT2D eigenvalue weighted by Gasteiger charge is 2.39. The first kappa shape index (κ1) is 14.8. The maximum absolute atomic E-state index is 12.9. The van der Waals surface area contributed by atoms with Crippen molar-refractivity contribution in [2.24, 2.45) is 0 Å². The molecule has 1 aromatic carbocycles. The van der Waals surface area contributed by atoms with Crippen LogP contribution in [0.2, 0.25) is 0 Å². The van der Waals surface area contributed by atoms with E-state index in [1.165, 1.54) is 16.9 Å². The summed E-state index contributed by atoms with van der Waals surface area (Å²) in [5.74, 6) is 0.0554. The first-order valence-electron chi connectivity index (χ1n) is 8.17. The second-order valence-electron chi connectivity index (χ2n) is 6.31. The molecule has 4 nitrogen and oxygen atoms in total. The van der Waals surface area contributed by atoms with Crippen molar-refractivity contribution in [3.05, 3.63) is 40.9 Å². The Morgan fingerprint density at radius 1 is 1.30 bits per heavy atom. The van der Waals surface area contributed by atoms with Gasteiger partial charge >= 0.3 is 0 Å². The van der Waals surface area contributed by atoms with Gasteiger partial charge < -0.3 is 9.64 Å². The van der Waals surface area contributed by atoms with E-state index in [4.69, 9.17) is 4.74 Å². The van der Waals surface area contributed by atoms with Crippen LogP contribution in [0.25, 0.3) is 10.6 Å². The average molecular weight is 328 g/mol. The second-order valence-corrected chi connectivity index (χ2v) is 7.17. The number of morpholine rings is 1. The molecule has 2 fully saturated rings. The minimum atomic E-state index is 0.0554. The van der Waals surface area contributed by atoms with Gasteiger partial charge in [-0.2, -0.15) is 0 Å². The molecule has 0 N–H and O–H groups in total. The summed E-state index contributed by atoms with van der Waals surface area (Å²) < 4.78 is 5.79. The van der Waals surface area contributed by atoms with E-state index < -0.39 is 0 Å². The number of hydrogen-bond acceptors (Lipinski definition) is 4. The summed E-state index contributed by atoms with van der Waals surface area (Å²) in [5.41, 5.74) is 2.86. The topological polar surface area (TPSA) is 42.4 Å². The largest absolute Gasteiger partial charge is 0.374 e. The van der Waals surface area contributed by atoms with E-state index in [0.717, 1.165) is 29.8 Å². The first-order valence-corrected chi connectivity index (χ1v) is 9.05. The predicted molar refractivity (Wildman–Crippen MR) is 90.7 cm³/mol. The first-order chi connectivity index (χ1) is 11.2. The Morgan fingerprint density at radius 3 is 2.96 bits per heavy atom. The Labute approximate surface area is 140 Å². The lowest BCUT2D eigenvalue weighted by Gasteiger charge is -2.37. The van der Waals surface area contributed by atoms with E-state index in [0.29, 0.717) is 18.8 Å². The lowest BCUT2D eigenvalue weighted by molar-refractivity contribution is -0.0447. The third-order valence-corrected chi connectivity index (χ3v) is 5.66. The zero-order valence-corrected chi connectivity index (χ0v) is 14.0. The van der Waals surface area contributed by atoms with Crippen LogP contribution in [0.4, 0.5) is 0 Å². The molecule has 1 amide bonds. The minimum absolute atomic E-state index is 0.0554. The van der Waals surface area contributed by atoms with Crippen LogP contribution in [0.1, 0.15) is 35.3 Å². The molecule has 2 aromatic rings. The number of carbonyl (C=O) groups excluding carboxylic acids is 1. The maximum atomic E-state index is 12.9. The van der Waals surface area contributed by atoms with E-state index in [1.54, 1.807) is 0 Å². The highest BCUT2D eigenvalue weighted by molar-refractivity contribution is 7.13. The lowest BCUT2D eigenvalue weighted by atomic mass is 10.1. The third kappa shape index (κ3) is 2.79. The molecule has 1 aromatic heterocycles. The molecule has 23 heavy (non-hydrogen) atoms. The zero-order chi connectivity index (χ0) is 15.8. The molecule has 5 heteroatoms. The Balaban J connectivity index is 1.56. The third-order valence-electron chi connectivity index (χ3n) is 4.76. The number of nitrogens with zero attached hydrogens (tertiary/aromatic N) is 2. The van der Waals surface area contributed by atoms with Crippen molar-refractivity contribution in [2.75, 3.05) is 13.2 Å². The number of thiazole rings is 1. The van der Waals surface area contributed by atoms with Gasteiger partial charge in [-0.3, -0.25) is 4.79 Å². The summed E-state index contributed by atoms with van der Waals surface area (Å²) in [6.07, 6.45) is 3.49. The van der Waals surface area contributed by atoms with Gasteiger partial charge in [0, 0.05) is 17.5 Å². The zero-order valence-electron chi connectivity index (χ0n) is 13.2. The highest BCUT2D eigenvalue weighted by atomic mass is 32.1. The molecule has 1 saturated heterocycles. The Kier molecular flexibility index (Phi) is 3.91. The quantitative estimate of drug-likeness (QED) is 0.847. The average Bonchev–Trinajstić information content (AvgIpc) is 3.23. The molecule has 2 unspecified atom stereocenters. The van der Waals surface area contributed by atoms with Crippen LogP contribution in [-0.2, 0) is 4.74 Å². The molecule has 0 radical (unpaired) electrons. The van der Waals surface area contributed by atoms with Gasteiger partial charge in [0.1, 0.15) is 10.7 Å². The van der Waals surface area contributed by atoms with Gasteiger partial charge in [-0.25, -0.2) is 4.98 Å². The standard InChI is InChI=1S/C18H20N2O2S/c1-12-5-7-13(8-6-12)17-19-14(11-23-17)18(21)20-9-10-22-16-4-2-3-15(16)20/h5-8,11,15-16H,2-4,9-10H2,1H3. The molecule has 1 saturated carbocycles. The molecule has 4 rings (SSSR count). The Hall–Kier alpha value is -1.72. The number of rotatable bonds is 2. The number of fused-ring (bicyclic) bond motifs is 1. The molecular formula is C18H20N2O2S. The normalized spacial score (nSPS) is 23.8. The summed E-state index contributed by atoms with van der Waals surface area (Å²) in [6.45, 7) is 3.39. The molecule has 1 aliphatic heterocycles. The van der Waals surface area contributed by atoms with Crippen molar-refractivity contribution in [3.63, 3.8) is 0 Å². The number of aromatic nitrogens is 1. The maximum Gasteiger partial charge on any atom is 0.273 e. The van der Waals surface area contributed by atoms with Gasteiger partial charge in [-0.05, 0) is 26.2 Å². The number of amides is 1. The van der Waals surface area contributed by atoms with Crippen LogP contribution in [0.5, 0.6) is 0 Å². The molecule has 0 bridgehead atoms. The van der Waals surface area contributed by atoms with Crippen molar-refractivity contribution in [1.29, 1.82) is 0 Å². The molecule has 120 valence electrons. The Morgan fingerprint density at radius 2 is 2.13 bits per heavy atom. The van der Waals surface area contributed by atoms with Crippen molar-refractivity contribution >= 4 is 17.2 Å². The van der Waals surface area contributed by atoms with Gasteiger partial charge in [0.05, 0.1) is 18.8 Å². The van der Waals surface area contributed by atoms with Crippen molar-refractivity contribution in [1.82, 2.24) is 9.88 Å². The monoisotopic (exact) mass is 328 g/mol. The summed E-state index contributed by atoms with van der Waals surface area (Å²) >= 11 is 1.54. The summed E-state index contributed by atoms with van der Waals surface area (Å²) in [7, 11) is 0. The summed E-state index contributed by atoms with van der Waals surface area (Å²) in [6, 6.07) is 8.50.